The van der Waals surface area contributed by atoms with Crippen molar-refractivity contribution in [3.63, 3.8) is 0 Å². The van der Waals surface area contributed by atoms with Gasteiger partial charge < -0.3 is 4.90 Å². The molecular formula is C20H23BrN2O2S2. The quantitative estimate of drug-likeness (QED) is 0.308. The van der Waals surface area contributed by atoms with Gasteiger partial charge in [-0.15, -0.1) is 0 Å². The van der Waals surface area contributed by atoms with E-state index in [2.05, 4.69) is 29.8 Å². The number of thioether (sulfide) groups is 1. The maximum atomic E-state index is 13.2. The Balaban J connectivity index is 2.00. The molecule has 4 nitrogen and oxygen atoms in total. The molecule has 0 radical (unpaired) electrons. The van der Waals surface area contributed by atoms with Crippen LogP contribution in [0.1, 0.15) is 51.5 Å². The van der Waals surface area contributed by atoms with Gasteiger partial charge in [0.05, 0.1) is 16.2 Å². The van der Waals surface area contributed by atoms with Crippen molar-refractivity contribution >= 4 is 67.3 Å². The van der Waals surface area contributed by atoms with E-state index in [0.29, 0.717) is 27.9 Å². The third-order valence-corrected chi connectivity index (χ3v) is 6.72. The lowest BCUT2D eigenvalue weighted by molar-refractivity contribution is -0.122. The zero-order valence-corrected chi connectivity index (χ0v) is 18.8. The van der Waals surface area contributed by atoms with Gasteiger partial charge in [0.25, 0.3) is 11.8 Å². The van der Waals surface area contributed by atoms with E-state index < -0.39 is 0 Å². The number of anilines is 1. The Morgan fingerprint density at radius 1 is 1.00 bits per heavy atom. The molecule has 0 bridgehead atoms. The van der Waals surface area contributed by atoms with Crippen molar-refractivity contribution in [2.45, 2.75) is 46.0 Å². The van der Waals surface area contributed by atoms with E-state index in [0.717, 1.165) is 47.8 Å². The Labute approximate surface area is 178 Å². The van der Waals surface area contributed by atoms with E-state index in [9.17, 15) is 9.59 Å². The van der Waals surface area contributed by atoms with Crippen molar-refractivity contribution in [2.24, 2.45) is 0 Å². The van der Waals surface area contributed by atoms with Crippen molar-refractivity contribution in [3.8, 4) is 0 Å². The van der Waals surface area contributed by atoms with Gasteiger partial charge >= 0.3 is 0 Å². The van der Waals surface area contributed by atoms with Crippen LogP contribution in [-0.2, 0) is 9.59 Å². The fourth-order valence-electron chi connectivity index (χ4n) is 3.32. The van der Waals surface area contributed by atoms with Crippen LogP contribution < -0.4 is 4.90 Å². The predicted molar refractivity (Wildman–Crippen MR) is 120 cm³/mol. The molecule has 1 aromatic rings. The number of rotatable bonds is 7. The van der Waals surface area contributed by atoms with Crippen LogP contribution >= 0.6 is 39.9 Å². The monoisotopic (exact) mass is 466 g/mol. The van der Waals surface area contributed by atoms with Crippen LogP contribution in [0.2, 0.25) is 0 Å². The lowest BCUT2D eigenvalue weighted by Gasteiger charge is -2.16. The van der Waals surface area contributed by atoms with E-state index in [1.165, 1.54) is 11.8 Å². The van der Waals surface area contributed by atoms with Gasteiger partial charge in [0.15, 0.2) is 0 Å². The van der Waals surface area contributed by atoms with Gasteiger partial charge in [-0.05, 0) is 31.0 Å². The first kappa shape index (κ1) is 20.6. The number of carbonyl (C=O) groups excluding carboxylic acids is 2. The highest BCUT2D eigenvalue weighted by molar-refractivity contribution is 9.10. The normalized spacial score (nSPS) is 19.4. The zero-order valence-electron chi connectivity index (χ0n) is 15.6. The predicted octanol–water partition coefficient (Wildman–Crippen LogP) is 5.36. The van der Waals surface area contributed by atoms with Gasteiger partial charge in [-0.3, -0.25) is 14.5 Å². The SMILES string of the molecule is CCCCCN1C(=O)C(=C2C(=O)N(CCCC)c3ccc(Br)cc32)SC1=S. The second kappa shape index (κ2) is 8.88. The van der Waals surface area contributed by atoms with E-state index in [4.69, 9.17) is 12.2 Å². The van der Waals surface area contributed by atoms with Gasteiger partial charge in [0, 0.05) is 23.1 Å². The summed E-state index contributed by atoms with van der Waals surface area (Å²) in [6.45, 7) is 5.51. The molecule has 1 fully saturated rings. The highest BCUT2D eigenvalue weighted by atomic mass is 79.9. The van der Waals surface area contributed by atoms with Crippen LogP contribution in [-0.4, -0.2) is 34.1 Å². The maximum Gasteiger partial charge on any atom is 0.267 e. The summed E-state index contributed by atoms with van der Waals surface area (Å²) >= 11 is 10.2. The number of unbranched alkanes of at least 4 members (excludes halogenated alkanes) is 3. The molecule has 144 valence electrons. The van der Waals surface area contributed by atoms with Crippen molar-refractivity contribution in [1.82, 2.24) is 4.90 Å². The van der Waals surface area contributed by atoms with Crippen LogP contribution in [0.4, 0.5) is 5.69 Å². The Hall–Kier alpha value is -1.18. The van der Waals surface area contributed by atoms with Crippen LogP contribution in [0.15, 0.2) is 27.6 Å². The van der Waals surface area contributed by atoms with E-state index in [-0.39, 0.29) is 11.8 Å². The average molecular weight is 467 g/mol. The number of fused-ring (bicyclic) bond motifs is 1. The second-order valence-electron chi connectivity index (χ2n) is 6.71. The largest absolute Gasteiger partial charge is 0.308 e. The highest BCUT2D eigenvalue weighted by Crippen LogP contribution is 2.45. The molecule has 2 aliphatic rings. The molecule has 0 saturated carbocycles. The van der Waals surface area contributed by atoms with E-state index in [1.54, 1.807) is 9.80 Å². The minimum atomic E-state index is -0.132. The minimum Gasteiger partial charge on any atom is -0.308 e. The summed E-state index contributed by atoms with van der Waals surface area (Å²) in [5.41, 5.74) is 2.19. The number of hydrogen-bond donors (Lipinski definition) is 0. The first-order valence-electron chi connectivity index (χ1n) is 9.39. The molecule has 0 atom stereocenters. The molecule has 2 heterocycles. The number of benzene rings is 1. The Morgan fingerprint density at radius 2 is 1.70 bits per heavy atom. The topological polar surface area (TPSA) is 40.6 Å². The maximum absolute atomic E-state index is 13.2. The van der Waals surface area contributed by atoms with Gasteiger partial charge in [0.1, 0.15) is 4.32 Å². The first-order valence-corrected chi connectivity index (χ1v) is 11.4. The zero-order chi connectivity index (χ0) is 19.6. The smallest absolute Gasteiger partial charge is 0.267 e. The average Bonchev–Trinajstić information content (AvgIpc) is 3.06. The molecule has 2 aliphatic heterocycles. The summed E-state index contributed by atoms with van der Waals surface area (Å²) in [6, 6.07) is 5.81. The number of amides is 2. The van der Waals surface area contributed by atoms with Gasteiger partial charge in [0.2, 0.25) is 0 Å². The van der Waals surface area contributed by atoms with Gasteiger partial charge in [-0.25, -0.2) is 0 Å². The van der Waals surface area contributed by atoms with Gasteiger partial charge in [-0.2, -0.15) is 0 Å². The molecule has 27 heavy (non-hydrogen) atoms. The molecule has 0 N–H and O–H groups in total. The van der Waals surface area contributed by atoms with Crippen LogP contribution in [0, 0.1) is 0 Å². The fraction of sp³-hybridized carbons (Fsp3) is 0.450. The highest BCUT2D eigenvalue weighted by Gasteiger charge is 2.41. The Bertz CT molecular complexity index is 822. The molecule has 1 aromatic carbocycles. The molecule has 3 rings (SSSR count). The molecule has 0 spiro atoms. The number of carbonyl (C=O) groups is 2. The third kappa shape index (κ3) is 4.00. The summed E-state index contributed by atoms with van der Waals surface area (Å²) < 4.78 is 1.44. The molecule has 1 saturated heterocycles. The summed E-state index contributed by atoms with van der Waals surface area (Å²) in [7, 11) is 0. The van der Waals surface area contributed by atoms with Crippen LogP contribution in [0.5, 0.6) is 0 Å². The molecule has 0 aliphatic carbocycles. The number of thiocarbonyl (C=S) groups is 1. The summed E-state index contributed by atoms with van der Waals surface area (Å²) in [6.07, 6.45) is 4.99. The molecule has 7 heteroatoms. The third-order valence-electron chi connectivity index (χ3n) is 4.77. The number of nitrogens with zero attached hydrogens (tertiary/aromatic N) is 2. The number of hydrogen-bond acceptors (Lipinski definition) is 4. The number of halogens is 1. The van der Waals surface area contributed by atoms with Crippen LogP contribution in [0.25, 0.3) is 5.57 Å². The Morgan fingerprint density at radius 3 is 2.41 bits per heavy atom. The summed E-state index contributed by atoms with van der Waals surface area (Å²) in [5.74, 6) is -0.224. The Kier molecular flexibility index (Phi) is 6.76. The molecule has 0 aromatic heterocycles. The van der Waals surface area contributed by atoms with Crippen LogP contribution in [0.3, 0.4) is 0 Å². The standard InChI is InChI=1S/C20H23BrN2O2S2/c1-3-5-7-11-23-19(25)17(27-20(23)26)16-14-12-13(21)8-9-15(14)22(18(16)24)10-6-4-2/h8-9,12H,3-7,10-11H2,1-2H3. The van der Waals surface area contributed by atoms with Crippen molar-refractivity contribution in [2.75, 3.05) is 18.0 Å². The lowest BCUT2D eigenvalue weighted by Crippen LogP contribution is -2.30. The van der Waals surface area contributed by atoms with E-state index >= 15 is 0 Å². The second-order valence-corrected chi connectivity index (χ2v) is 9.27. The summed E-state index contributed by atoms with van der Waals surface area (Å²) in [5, 5.41) is 0. The van der Waals surface area contributed by atoms with Crippen molar-refractivity contribution in [3.05, 3.63) is 33.1 Å². The van der Waals surface area contributed by atoms with Gasteiger partial charge in [-0.1, -0.05) is 73.0 Å². The molecular weight excluding hydrogens is 444 g/mol. The molecule has 0 unspecified atom stereocenters. The van der Waals surface area contributed by atoms with Crippen molar-refractivity contribution in [1.29, 1.82) is 0 Å². The van der Waals surface area contributed by atoms with E-state index in [1.807, 2.05) is 18.2 Å². The first-order chi connectivity index (χ1) is 13.0. The minimum absolute atomic E-state index is 0.0920. The summed E-state index contributed by atoms with van der Waals surface area (Å²) in [4.78, 5) is 30.2. The lowest BCUT2D eigenvalue weighted by atomic mass is 10.1. The van der Waals surface area contributed by atoms with Crippen molar-refractivity contribution < 1.29 is 9.59 Å². The fourth-order valence-corrected chi connectivity index (χ4v) is 5.06. The molecule has 2 amide bonds.